The van der Waals surface area contributed by atoms with Gasteiger partial charge in [0.25, 0.3) is 6.43 Å². The normalized spacial score (nSPS) is 24.2. The number of halogens is 3. The lowest BCUT2D eigenvalue weighted by atomic mass is 9.97. The Kier molecular flexibility index (Phi) is 9.12. The number of aliphatic hydroxyl groups excluding tert-OH is 1. The van der Waals surface area contributed by atoms with Crippen molar-refractivity contribution in [2.45, 2.75) is 63.4 Å². The molecule has 1 aliphatic heterocycles. The third kappa shape index (κ3) is 6.10. The monoisotopic (exact) mass is 654 g/mol. The van der Waals surface area contributed by atoms with Gasteiger partial charge in [-0.25, -0.2) is 33.2 Å². The van der Waals surface area contributed by atoms with E-state index in [4.69, 9.17) is 36.1 Å². The second-order valence-electron chi connectivity index (χ2n) is 10.4. The highest BCUT2D eigenvalue weighted by Crippen LogP contribution is 2.51. The van der Waals surface area contributed by atoms with Crippen LogP contribution in [0.5, 0.6) is 5.75 Å². The van der Waals surface area contributed by atoms with Crippen LogP contribution < -0.4 is 15.3 Å². The van der Waals surface area contributed by atoms with Crippen molar-refractivity contribution in [3.63, 3.8) is 0 Å². The second kappa shape index (κ2) is 12.5. The summed E-state index contributed by atoms with van der Waals surface area (Å²) in [6.07, 6.45) is -8.26. The molecule has 0 bridgehead atoms. The van der Waals surface area contributed by atoms with Crippen molar-refractivity contribution in [1.82, 2.24) is 24.6 Å². The van der Waals surface area contributed by atoms with E-state index in [0.717, 1.165) is 22.6 Å². The number of hydrogen-bond donors (Lipinski definition) is 3. The number of benzene rings is 2. The summed E-state index contributed by atoms with van der Waals surface area (Å²) in [5, 5.41) is 15.1. The van der Waals surface area contributed by atoms with Gasteiger partial charge in [0.2, 0.25) is 0 Å². The second-order valence-corrected chi connectivity index (χ2v) is 13.5. The molecule has 1 fully saturated rings. The predicted octanol–water partition coefficient (Wildman–Crippen LogP) is 4.04. The van der Waals surface area contributed by atoms with Gasteiger partial charge in [0.1, 0.15) is 29.7 Å². The Morgan fingerprint density at radius 2 is 1.93 bits per heavy atom. The molecule has 0 radical (unpaired) electrons. The van der Waals surface area contributed by atoms with Crippen molar-refractivity contribution < 1.29 is 41.6 Å². The number of rotatable bonds is 11. The summed E-state index contributed by atoms with van der Waals surface area (Å²) in [6.45, 7) is -0.292. The SMILES string of the molecule is CC(C)OC(=O)[C@H](C)NP(=S)(OC[C@@]1(C(F)F)O[C@@H](n2cnc3c(N)ncnc32)[C@H](F)[C@@H]1O)Oc1cccc2ccccc12. The van der Waals surface area contributed by atoms with E-state index in [9.17, 15) is 18.7 Å². The first-order valence-electron chi connectivity index (χ1n) is 13.5. The van der Waals surface area contributed by atoms with E-state index in [1.165, 1.54) is 6.92 Å². The van der Waals surface area contributed by atoms with Gasteiger partial charge in [-0.15, -0.1) is 0 Å². The summed E-state index contributed by atoms with van der Waals surface area (Å²) < 4.78 is 69.0. The molecule has 2 aromatic heterocycles. The summed E-state index contributed by atoms with van der Waals surface area (Å²) in [5.41, 5.74) is 2.99. The molecule has 44 heavy (non-hydrogen) atoms. The highest BCUT2D eigenvalue weighted by atomic mass is 32.5. The fraction of sp³-hybridized carbons (Fsp3) is 0.407. The minimum absolute atomic E-state index is 0.00639. The average molecular weight is 655 g/mol. The van der Waals surface area contributed by atoms with Crippen molar-refractivity contribution >= 4 is 52.2 Å². The highest BCUT2D eigenvalue weighted by Gasteiger charge is 2.62. The van der Waals surface area contributed by atoms with Crippen LogP contribution in [0.2, 0.25) is 0 Å². The van der Waals surface area contributed by atoms with Crippen LogP contribution in [0, 0.1) is 0 Å². The molecule has 5 rings (SSSR count). The molecule has 0 spiro atoms. The minimum Gasteiger partial charge on any atom is -0.462 e. The van der Waals surface area contributed by atoms with Crippen molar-refractivity contribution in [1.29, 1.82) is 0 Å². The molecule has 4 N–H and O–H groups in total. The lowest BCUT2D eigenvalue weighted by Crippen LogP contribution is -2.52. The lowest BCUT2D eigenvalue weighted by Gasteiger charge is -2.34. The number of nitrogens with zero attached hydrogens (tertiary/aromatic N) is 4. The molecular formula is C27H30F3N6O6PS. The van der Waals surface area contributed by atoms with E-state index < -0.39 is 61.9 Å². The van der Waals surface area contributed by atoms with E-state index in [-0.39, 0.29) is 22.7 Å². The maximum absolute atomic E-state index is 15.6. The zero-order valence-electron chi connectivity index (χ0n) is 23.7. The number of hydrogen-bond acceptors (Lipinski definition) is 11. The van der Waals surface area contributed by atoms with Gasteiger partial charge in [0, 0.05) is 5.39 Å². The molecule has 0 aliphatic carbocycles. The van der Waals surface area contributed by atoms with Crippen LogP contribution in [0.25, 0.3) is 21.9 Å². The van der Waals surface area contributed by atoms with Gasteiger partial charge in [-0.2, -0.15) is 0 Å². The molecular weight excluding hydrogens is 624 g/mol. The topological polar surface area (TPSA) is 156 Å². The van der Waals surface area contributed by atoms with E-state index in [0.29, 0.717) is 5.39 Å². The van der Waals surface area contributed by atoms with Crippen molar-refractivity contribution in [3.05, 3.63) is 55.1 Å². The Labute approximate surface area is 254 Å². The molecule has 4 aromatic rings. The van der Waals surface area contributed by atoms with E-state index in [1.54, 1.807) is 38.1 Å². The van der Waals surface area contributed by atoms with E-state index in [2.05, 4.69) is 20.0 Å². The molecule has 1 saturated heterocycles. The number of nitrogens with one attached hydrogen (secondary N) is 1. The minimum atomic E-state index is -3.93. The van der Waals surface area contributed by atoms with Gasteiger partial charge in [-0.05, 0) is 44.0 Å². The number of carbonyl (C=O) groups excluding carboxylic acids is 1. The van der Waals surface area contributed by atoms with Crippen LogP contribution in [0.4, 0.5) is 19.0 Å². The summed E-state index contributed by atoms with van der Waals surface area (Å²) in [6, 6.07) is 11.2. The molecule has 236 valence electrons. The number of nitrogen functional groups attached to an aromatic ring is 1. The predicted molar refractivity (Wildman–Crippen MR) is 158 cm³/mol. The molecule has 6 atom stereocenters. The molecule has 0 saturated carbocycles. The van der Waals surface area contributed by atoms with Crippen molar-refractivity contribution in [2.24, 2.45) is 0 Å². The van der Waals surface area contributed by atoms with Crippen LogP contribution in [0.3, 0.4) is 0 Å². The Morgan fingerprint density at radius 3 is 2.66 bits per heavy atom. The number of aliphatic hydroxyl groups is 1. The standard InChI is InChI=1S/C27H30F3N6O6PS/c1-14(2)40-25(38)15(3)35-43(44,42-18-10-6-8-16-7-4-5-9-17(16)18)39-11-27(26(29)30)21(37)19(28)24(41-27)36-13-34-20-22(31)32-12-33-23(20)36/h4-10,12-15,19,21,24,26,37H,11H2,1-3H3,(H,35,44)(H2,31,32,33)/t15-,19+,21-,24+,27+,43?/m0/s1. The first kappa shape index (κ1) is 32.0. The Bertz CT molecular complexity index is 1710. The summed E-state index contributed by atoms with van der Waals surface area (Å²) in [5.74, 6) is -0.475. The molecule has 17 heteroatoms. The molecule has 2 aromatic carbocycles. The highest BCUT2D eigenvalue weighted by molar-refractivity contribution is 8.09. The first-order valence-corrected chi connectivity index (χ1v) is 16.1. The van der Waals surface area contributed by atoms with Crippen LogP contribution in [0.1, 0.15) is 27.0 Å². The molecule has 1 aliphatic rings. The summed E-state index contributed by atoms with van der Waals surface area (Å²) >= 11 is 5.71. The lowest BCUT2D eigenvalue weighted by molar-refractivity contribution is -0.191. The van der Waals surface area contributed by atoms with Crippen LogP contribution in [-0.2, 0) is 30.6 Å². The van der Waals surface area contributed by atoms with Gasteiger partial charge < -0.3 is 29.4 Å². The third-order valence-electron chi connectivity index (χ3n) is 6.93. The van der Waals surface area contributed by atoms with Gasteiger partial charge in [0.15, 0.2) is 29.5 Å². The zero-order chi connectivity index (χ0) is 31.8. The Balaban J connectivity index is 1.47. The Hall–Kier alpha value is -3.40. The maximum Gasteiger partial charge on any atom is 0.323 e. The summed E-state index contributed by atoms with van der Waals surface area (Å²) in [7, 11) is 0. The quantitative estimate of drug-likeness (QED) is 0.158. The number of anilines is 1. The fourth-order valence-corrected chi connectivity index (χ4v) is 7.14. The van der Waals surface area contributed by atoms with Crippen molar-refractivity contribution in [3.8, 4) is 5.75 Å². The van der Waals surface area contributed by atoms with Gasteiger partial charge in [-0.3, -0.25) is 9.36 Å². The number of aromatic nitrogens is 4. The number of nitrogens with two attached hydrogens (primary N) is 1. The Morgan fingerprint density at radius 1 is 1.20 bits per heavy atom. The average Bonchev–Trinajstić information content (AvgIpc) is 3.52. The largest absolute Gasteiger partial charge is 0.462 e. The first-order chi connectivity index (χ1) is 20.8. The molecule has 1 unspecified atom stereocenters. The number of esters is 1. The van der Waals surface area contributed by atoms with Crippen LogP contribution in [-0.4, -0.2) is 73.6 Å². The molecule has 0 amide bonds. The molecule has 3 heterocycles. The summed E-state index contributed by atoms with van der Waals surface area (Å²) in [4.78, 5) is 24.5. The fourth-order valence-electron chi connectivity index (χ4n) is 4.72. The van der Waals surface area contributed by atoms with Gasteiger partial charge in [-0.1, -0.05) is 36.4 Å². The number of alkyl halides is 3. The van der Waals surface area contributed by atoms with Gasteiger partial charge in [0.05, 0.1) is 19.0 Å². The number of fused-ring (bicyclic) bond motifs is 2. The van der Waals surface area contributed by atoms with E-state index in [1.807, 2.05) is 18.2 Å². The van der Waals surface area contributed by atoms with Crippen molar-refractivity contribution in [2.75, 3.05) is 12.3 Å². The molecule has 12 nitrogen and oxygen atoms in total. The zero-order valence-corrected chi connectivity index (χ0v) is 25.4. The maximum atomic E-state index is 15.6. The number of ether oxygens (including phenoxy) is 2. The van der Waals surface area contributed by atoms with Gasteiger partial charge >= 0.3 is 12.6 Å². The smallest absolute Gasteiger partial charge is 0.323 e. The number of imidazole rings is 1. The van der Waals surface area contributed by atoms with E-state index >= 15 is 4.39 Å². The van der Waals surface area contributed by atoms with Crippen LogP contribution in [0.15, 0.2) is 55.1 Å². The third-order valence-corrected chi connectivity index (χ3v) is 9.40. The van der Waals surface area contributed by atoms with Crippen LogP contribution >= 0.6 is 6.64 Å². The number of carbonyl (C=O) groups is 1.